The third-order valence-electron chi connectivity index (χ3n) is 9.45. The summed E-state index contributed by atoms with van der Waals surface area (Å²) in [5.41, 5.74) is 9.79. The molecule has 0 saturated carbocycles. The number of hydrogen-bond donors (Lipinski definition) is 0. The first-order valence-corrected chi connectivity index (χ1v) is 18.2. The van der Waals surface area contributed by atoms with Gasteiger partial charge in [0.1, 0.15) is 0 Å². The molecule has 262 valence electrons. The van der Waals surface area contributed by atoms with Crippen LogP contribution in [0, 0.1) is 6.57 Å². The summed E-state index contributed by atoms with van der Waals surface area (Å²) in [6.45, 7) is 7.81. The van der Waals surface area contributed by atoms with Crippen molar-refractivity contribution in [3.05, 3.63) is 199 Å². The number of para-hydroxylation sites is 1. The SMILES string of the molecule is [C-]#[N+]c1ccccc1-c1nc(-c2ccc(-c3ccccc3)cc2)nc(-c2cccc(-c3ccc(-c4nc(-c5ccccc5)nc(-c5ccccc5)n4)cc3)c2)n1. The van der Waals surface area contributed by atoms with Crippen molar-refractivity contribution in [3.63, 3.8) is 0 Å². The van der Waals surface area contributed by atoms with E-state index in [1.807, 2.05) is 133 Å². The van der Waals surface area contributed by atoms with Gasteiger partial charge in [0.15, 0.2) is 40.6 Å². The number of nitrogens with zero attached hydrogens (tertiary/aromatic N) is 7. The summed E-state index contributed by atoms with van der Waals surface area (Å²) in [5, 5.41) is 0. The monoisotopic (exact) mass is 717 g/mol. The van der Waals surface area contributed by atoms with E-state index in [9.17, 15) is 0 Å². The predicted octanol–water partition coefficient (Wildman–Crippen LogP) is 11.9. The molecule has 0 saturated heterocycles. The summed E-state index contributed by atoms with van der Waals surface area (Å²) < 4.78 is 0. The first kappa shape index (κ1) is 33.9. The number of rotatable bonds is 8. The average molecular weight is 718 g/mol. The molecule has 7 nitrogen and oxygen atoms in total. The van der Waals surface area contributed by atoms with Crippen LogP contribution in [0.2, 0.25) is 0 Å². The third kappa shape index (κ3) is 7.06. The van der Waals surface area contributed by atoms with E-state index < -0.39 is 0 Å². The van der Waals surface area contributed by atoms with Gasteiger partial charge in [-0.3, -0.25) is 0 Å². The lowest BCUT2D eigenvalue weighted by atomic mass is 10.0. The summed E-state index contributed by atoms with van der Waals surface area (Å²) in [6.07, 6.45) is 0. The highest BCUT2D eigenvalue weighted by Gasteiger charge is 2.16. The Balaban J connectivity index is 1.08. The lowest BCUT2D eigenvalue weighted by Crippen LogP contribution is -2.00. The third-order valence-corrected chi connectivity index (χ3v) is 9.45. The Labute approximate surface area is 324 Å². The van der Waals surface area contributed by atoms with Crippen LogP contribution in [0.5, 0.6) is 0 Å². The highest BCUT2D eigenvalue weighted by Crippen LogP contribution is 2.33. The zero-order valence-corrected chi connectivity index (χ0v) is 30.0. The zero-order chi connectivity index (χ0) is 37.7. The van der Waals surface area contributed by atoms with Gasteiger partial charge in [0.05, 0.1) is 6.57 Å². The number of benzene rings is 7. The normalized spacial score (nSPS) is 10.8. The molecule has 0 aliphatic carbocycles. The van der Waals surface area contributed by atoms with E-state index in [1.54, 1.807) is 6.07 Å². The van der Waals surface area contributed by atoms with Crippen molar-refractivity contribution in [2.75, 3.05) is 0 Å². The highest BCUT2D eigenvalue weighted by molar-refractivity contribution is 5.78. The van der Waals surface area contributed by atoms with Gasteiger partial charge in [-0.25, -0.2) is 34.7 Å². The van der Waals surface area contributed by atoms with Crippen LogP contribution >= 0.6 is 0 Å². The van der Waals surface area contributed by atoms with Gasteiger partial charge in [0.25, 0.3) is 0 Å². The maximum absolute atomic E-state index is 7.81. The minimum atomic E-state index is 0.445. The molecule has 2 aromatic heterocycles. The maximum atomic E-state index is 7.81. The van der Waals surface area contributed by atoms with Crippen LogP contribution in [0.4, 0.5) is 5.69 Å². The second-order valence-electron chi connectivity index (χ2n) is 13.1. The van der Waals surface area contributed by atoms with E-state index >= 15 is 0 Å². The average Bonchev–Trinajstić information content (AvgIpc) is 3.29. The molecule has 7 heteroatoms. The molecule has 0 spiro atoms. The fourth-order valence-corrected chi connectivity index (χ4v) is 6.54. The van der Waals surface area contributed by atoms with Gasteiger partial charge in [-0.05, 0) is 28.3 Å². The molecule has 0 amide bonds. The molecule has 0 aliphatic heterocycles. The van der Waals surface area contributed by atoms with Gasteiger partial charge in [-0.15, -0.1) is 0 Å². The molecule has 9 aromatic rings. The van der Waals surface area contributed by atoms with Crippen molar-refractivity contribution in [1.29, 1.82) is 0 Å². The first-order valence-electron chi connectivity index (χ1n) is 18.2. The van der Waals surface area contributed by atoms with Crippen LogP contribution in [0.25, 0.3) is 95.4 Å². The molecule has 0 N–H and O–H groups in total. The summed E-state index contributed by atoms with van der Waals surface area (Å²) in [6, 6.07) is 62.2. The zero-order valence-electron chi connectivity index (χ0n) is 30.0. The minimum absolute atomic E-state index is 0.445. The van der Waals surface area contributed by atoms with E-state index in [2.05, 4.69) is 53.4 Å². The molecule has 56 heavy (non-hydrogen) atoms. The molecule has 0 radical (unpaired) electrons. The van der Waals surface area contributed by atoms with Crippen molar-refractivity contribution in [1.82, 2.24) is 29.9 Å². The van der Waals surface area contributed by atoms with Crippen LogP contribution in [0.1, 0.15) is 0 Å². The smallest absolute Gasteiger partial charge is 0.198 e. The van der Waals surface area contributed by atoms with Gasteiger partial charge >= 0.3 is 0 Å². The fraction of sp³-hybridized carbons (Fsp3) is 0. The van der Waals surface area contributed by atoms with E-state index in [-0.39, 0.29) is 0 Å². The largest absolute Gasteiger partial charge is 0.237 e. The standard InChI is InChI=1S/C49H31N7/c1-50-43-23-12-11-22-42(43)49-55-47(39-28-24-34(25-29-39)33-14-5-2-6-15-33)54-48(56-49)41-21-13-20-40(32-41)35-26-30-38(31-27-35)46-52-44(36-16-7-3-8-17-36)51-45(53-46)37-18-9-4-10-19-37/h2-32H. The lowest BCUT2D eigenvalue weighted by molar-refractivity contribution is 1.07. The molecule has 9 rings (SSSR count). The Morgan fingerprint density at radius 1 is 0.268 bits per heavy atom. The maximum Gasteiger partial charge on any atom is 0.198 e. The Morgan fingerprint density at radius 2 is 0.589 bits per heavy atom. The molecular weight excluding hydrogens is 687 g/mol. The molecule has 0 bridgehead atoms. The van der Waals surface area contributed by atoms with E-state index in [1.165, 1.54) is 0 Å². The van der Waals surface area contributed by atoms with Crippen LogP contribution < -0.4 is 0 Å². The second kappa shape index (κ2) is 15.2. The van der Waals surface area contributed by atoms with Crippen molar-refractivity contribution in [2.45, 2.75) is 0 Å². The molecular formula is C49H31N7. The van der Waals surface area contributed by atoms with Gasteiger partial charge in [0, 0.05) is 33.4 Å². The van der Waals surface area contributed by atoms with Crippen molar-refractivity contribution in [2.24, 2.45) is 0 Å². The molecule has 7 aromatic carbocycles. The Morgan fingerprint density at radius 3 is 1.09 bits per heavy atom. The van der Waals surface area contributed by atoms with Gasteiger partial charge in [-0.1, -0.05) is 182 Å². The topological polar surface area (TPSA) is 81.7 Å². The molecule has 2 heterocycles. The molecule has 0 atom stereocenters. The first-order chi connectivity index (χ1) is 27.7. The quantitative estimate of drug-likeness (QED) is 0.146. The van der Waals surface area contributed by atoms with Crippen molar-refractivity contribution >= 4 is 5.69 Å². The summed E-state index contributed by atoms with van der Waals surface area (Å²) in [7, 11) is 0. The highest BCUT2D eigenvalue weighted by atomic mass is 15.0. The Bertz CT molecular complexity index is 2780. The van der Waals surface area contributed by atoms with Crippen molar-refractivity contribution < 1.29 is 0 Å². The minimum Gasteiger partial charge on any atom is -0.237 e. The van der Waals surface area contributed by atoms with Gasteiger partial charge in [-0.2, -0.15) is 0 Å². The molecule has 0 aliphatic rings. The van der Waals surface area contributed by atoms with E-state index in [4.69, 9.17) is 36.5 Å². The molecule has 0 fully saturated rings. The van der Waals surface area contributed by atoms with Crippen LogP contribution in [0.15, 0.2) is 188 Å². The summed E-state index contributed by atoms with van der Waals surface area (Å²) >= 11 is 0. The summed E-state index contributed by atoms with van der Waals surface area (Å²) in [5.74, 6) is 3.32. The number of aromatic nitrogens is 6. The fourth-order valence-electron chi connectivity index (χ4n) is 6.54. The lowest BCUT2D eigenvalue weighted by Gasteiger charge is -2.11. The Kier molecular flexibility index (Phi) is 9.18. The van der Waals surface area contributed by atoms with Crippen LogP contribution in [-0.2, 0) is 0 Å². The van der Waals surface area contributed by atoms with Crippen LogP contribution in [-0.4, -0.2) is 29.9 Å². The van der Waals surface area contributed by atoms with E-state index in [0.29, 0.717) is 46.2 Å². The Hall–Kier alpha value is -7.95. The van der Waals surface area contributed by atoms with E-state index in [0.717, 1.165) is 50.1 Å². The molecule has 0 unspecified atom stereocenters. The van der Waals surface area contributed by atoms with Gasteiger partial charge < -0.3 is 0 Å². The second-order valence-corrected chi connectivity index (χ2v) is 13.1. The van der Waals surface area contributed by atoms with Gasteiger partial charge in [0.2, 0.25) is 0 Å². The number of hydrogen-bond acceptors (Lipinski definition) is 6. The van der Waals surface area contributed by atoms with Crippen LogP contribution in [0.3, 0.4) is 0 Å². The summed E-state index contributed by atoms with van der Waals surface area (Å²) in [4.78, 5) is 33.2. The predicted molar refractivity (Wildman–Crippen MR) is 223 cm³/mol. The van der Waals surface area contributed by atoms with Crippen molar-refractivity contribution in [3.8, 4) is 90.6 Å².